The van der Waals surface area contributed by atoms with Gasteiger partial charge < -0.3 is 10.2 Å². The minimum Gasteiger partial charge on any atom is -0.353 e. The summed E-state index contributed by atoms with van der Waals surface area (Å²) < 4.78 is 27.7. The summed E-state index contributed by atoms with van der Waals surface area (Å²) in [7, 11) is 0. The summed E-state index contributed by atoms with van der Waals surface area (Å²) in [5, 5.41) is 15.9. The van der Waals surface area contributed by atoms with E-state index in [9.17, 15) is 18.4 Å². The molecule has 2 heterocycles. The molecule has 2 amide bonds. The number of halogens is 2. The van der Waals surface area contributed by atoms with E-state index in [1.54, 1.807) is 40.0 Å². The van der Waals surface area contributed by atoms with Gasteiger partial charge in [-0.3, -0.25) is 14.3 Å². The van der Waals surface area contributed by atoms with Crippen molar-refractivity contribution in [3.8, 4) is 6.07 Å². The molecule has 0 spiro atoms. The molecule has 2 aromatic rings. The molecule has 1 aromatic carbocycles. The third-order valence-corrected chi connectivity index (χ3v) is 5.28. The lowest BCUT2D eigenvalue weighted by molar-refractivity contribution is -0.130. The van der Waals surface area contributed by atoms with Gasteiger partial charge in [0.05, 0.1) is 36.3 Å². The normalized spacial score (nSPS) is 20.3. The molecular formula is C20H19F2N5O2. The zero-order valence-electron chi connectivity index (χ0n) is 15.5. The molecule has 1 fully saturated rings. The van der Waals surface area contributed by atoms with Crippen LogP contribution in [0.5, 0.6) is 0 Å². The first-order chi connectivity index (χ1) is 13.8. The van der Waals surface area contributed by atoms with Gasteiger partial charge >= 0.3 is 0 Å². The Kier molecular flexibility index (Phi) is 4.78. The molecule has 1 aliphatic heterocycles. The first kappa shape index (κ1) is 19.1. The quantitative estimate of drug-likeness (QED) is 0.854. The van der Waals surface area contributed by atoms with Crippen LogP contribution >= 0.6 is 0 Å². The summed E-state index contributed by atoms with van der Waals surface area (Å²) >= 11 is 0. The van der Waals surface area contributed by atoms with Gasteiger partial charge in [-0.2, -0.15) is 10.4 Å². The predicted molar refractivity (Wildman–Crippen MR) is 97.9 cm³/mol. The average molecular weight is 399 g/mol. The molecule has 1 atom stereocenters. The van der Waals surface area contributed by atoms with Gasteiger partial charge in [0.1, 0.15) is 0 Å². The van der Waals surface area contributed by atoms with E-state index in [0.717, 1.165) is 5.69 Å². The summed E-state index contributed by atoms with van der Waals surface area (Å²) in [6.45, 7) is 0.598. The fourth-order valence-corrected chi connectivity index (χ4v) is 3.86. The van der Waals surface area contributed by atoms with E-state index >= 15 is 0 Å². The lowest BCUT2D eigenvalue weighted by Gasteiger charge is -2.37. The van der Waals surface area contributed by atoms with Gasteiger partial charge in [0.15, 0.2) is 0 Å². The van der Waals surface area contributed by atoms with Gasteiger partial charge in [-0.05, 0) is 24.3 Å². The van der Waals surface area contributed by atoms with Crippen LogP contribution in [0.4, 0.5) is 8.78 Å². The molecular weight excluding hydrogens is 380 g/mol. The number of fused-ring (bicyclic) bond motifs is 1. The summed E-state index contributed by atoms with van der Waals surface area (Å²) in [5.41, 5.74) is 1.58. The van der Waals surface area contributed by atoms with Gasteiger partial charge in [-0.25, -0.2) is 8.78 Å². The molecule has 150 valence electrons. The van der Waals surface area contributed by atoms with Crippen LogP contribution in [0.1, 0.15) is 46.9 Å². The monoisotopic (exact) mass is 399 g/mol. The standard InChI is InChI=1S/C20H19F2N5O2/c21-20(22)8-15(9-20)25-18(28)7-17-12-26(11-16-4-5-24-27(16)17)19(29)14-3-1-2-13(6-14)10-23/h1-6,15,17H,7-9,11-12H2,(H,25,28)/t17-/m0/s1. The third-order valence-electron chi connectivity index (χ3n) is 5.28. The van der Waals surface area contributed by atoms with Crippen molar-refractivity contribution >= 4 is 11.8 Å². The number of nitrogens with zero attached hydrogens (tertiary/aromatic N) is 4. The number of aromatic nitrogens is 2. The molecule has 1 aliphatic carbocycles. The van der Waals surface area contributed by atoms with Crippen LogP contribution in [0, 0.1) is 11.3 Å². The number of benzene rings is 1. The van der Waals surface area contributed by atoms with Crippen molar-refractivity contribution in [1.82, 2.24) is 20.0 Å². The number of carbonyl (C=O) groups excluding carboxylic acids is 2. The molecule has 1 saturated carbocycles. The highest BCUT2D eigenvalue weighted by Gasteiger charge is 2.46. The van der Waals surface area contributed by atoms with Gasteiger partial charge in [-0.1, -0.05) is 6.07 Å². The number of alkyl halides is 2. The first-order valence-electron chi connectivity index (χ1n) is 9.34. The molecule has 1 N–H and O–H groups in total. The highest BCUT2D eigenvalue weighted by Crippen LogP contribution is 2.37. The Morgan fingerprint density at radius 1 is 1.31 bits per heavy atom. The van der Waals surface area contributed by atoms with Gasteiger partial charge in [0, 0.05) is 37.2 Å². The van der Waals surface area contributed by atoms with E-state index in [2.05, 4.69) is 10.4 Å². The summed E-state index contributed by atoms with van der Waals surface area (Å²) in [4.78, 5) is 26.9. The maximum absolute atomic E-state index is 13.0. The van der Waals surface area contributed by atoms with Crippen molar-refractivity contribution in [1.29, 1.82) is 5.26 Å². The predicted octanol–water partition coefficient (Wildman–Crippen LogP) is 2.26. The zero-order valence-corrected chi connectivity index (χ0v) is 15.5. The fourth-order valence-electron chi connectivity index (χ4n) is 3.86. The van der Waals surface area contributed by atoms with E-state index in [4.69, 9.17) is 5.26 Å². The Morgan fingerprint density at radius 2 is 2.10 bits per heavy atom. The highest BCUT2D eigenvalue weighted by atomic mass is 19.3. The van der Waals surface area contributed by atoms with E-state index < -0.39 is 18.0 Å². The van der Waals surface area contributed by atoms with Crippen LogP contribution in [0.25, 0.3) is 0 Å². The second-order valence-electron chi connectivity index (χ2n) is 7.53. The van der Waals surface area contributed by atoms with Crippen LogP contribution in [0.2, 0.25) is 0 Å². The molecule has 0 radical (unpaired) electrons. The maximum atomic E-state index is 13.0. The summed E-state index contributed by atoms with van der Waals surface area (Å²) in [6.07, 6.45) is 0.975. The minimum atomic E-state index is -2.70. The molecule has 0 bridgehead atoms. The highest BCUT2D eigenvalue weighted by molar-refractivity contribution is 5.94. The van der Waals surface area contributed by atoms with Crippen LogP contribution in [0.15, 0.2) is 36.5 Å². The molecule has 2 aliphatic rings. The molecule has 9 heteroatoms. The van der Waals surface area contributed by atoms with E-state index in [0.29, 0.717) is 17.7 Å². The summed E-state index contributed by atoms with van der Waals surface area (Å²) in [5.74, 6) is -3.27. The number of carbonyl (C=O) groups is 2. The van der Waals surface area contributed by atoms with Gasteiger partial charge in [0.2, 0.25) is 5.91 Å². The van der Waals surface area contributed by atoms with Crippen LogP contribution in [0.3, 0.4) is 0 Å². The molecule has 4 rings (SSSR count). The topological polar surface area (TPSA) is 91.0 Å². The second-order valence-corrected chi connectivity index (χ2v) is 7.53. The molecule has 7 nitrogen and oxygen atoms in total. The van der Waals surface area contributed by atoms with Gasteiger partial charge in [-0.15, -0.1) is 0 Å². The van der Waals surface area contributed by atoms with E-state index in [-0.39, 0.29) is 37.6 Å². The largest absolute Gasteiger partial charge is 0.353 e. The Morgan fingerprint density at radius 3 is 2.83 bits per heavy atom. The van der Waals surface area contributed by atoms with Crippen LogP contribution in [-0.4, -0.2) is 45.0 Å². The number of nitriles is 1. The molecule has 0 saturated heterocycles. The number of hydrogen-bond donors (Lipinski definition) is 1. The van der Waals surface area contributed by atoms with E-state index in [1.807, 2.05) is 6.07 Å². The smallest absolute Gasteiger partial charge is 0.254 e. The maximum Gasteiger partial charge on any atom is 0.254 e. The zero-order chi connectivity index (χ0) is 20.6. The first-order valence-corrected chi connectivity index (χ1v) is 9.34. The van der Waals surface area contributed by atoms with Crippen molar-refractivity contribution in [2.75, 3.05) is 6.54 Å². The average Bonchev–Trinajstić information content (AvgIpc) is 3.15. The van der Waals surface area contributed by atoms with Crippen molar-refractivity contribution in [2.45, 2.75) is 43.8 Å². The Balaban J connectivity index is 1.46. The van der Waals surface area contributed by atoms with Crippen molar-refractivity contribution < 1.29 is 18.4 Å². The molecule has 29 heavy (non-hydrogen) atoms. The van der Waals surface area contributed by atoms with Crippen molar-refractivity contribution in [3.63, 3.8) is 0 Å². The third kappa shape index (κ3) is 3.97. The van der Waals surface area contributed by atoms with Crippen LogP contribution < -0.4 is 5.32 Å². The molecule has 1 aromatic heterocycles. The van der Waals surface area contributed by atoms with Gasteiger partial charge in [0.25, 0.3) is 11.8 Å². The Hall–Kier alpha value is -3.28. The fraction of sp³-hybridized carbons (Fsp3) is 0.400. The SMILES string of the molecule is N#Cc1cccc(C(=O)N2Cc3ccnn3[C@@H](CC(=O)NC3CC(F)(F)C3)C2)c1. The lowest BCUT2D eigenvalue weighted by Crippen LogP contribution is -2.51. The number of hydrogen-bond acceptors (Lipinski definition) is 4. The minimum absolute atomic E-state index is 0.0404. The van der Waals surface area contributed by atoms with Crippen LogP contribution in [-0.2, 0) is 11.3 Å². The second kappa shape index (κ2) is 7.28. The van der Waals surface area contributed by atoms with E-state index in [1.165, 1.54) is 6.07 Å². The number of nitrogens with one attached hydrogen (secondary N) is 1. The Bertz CT molecular complexity index is 989. The molecule has 0 unspecified atom stereocenters. The Labute approximate surface area is 165 Å². The number of amides is 2. The lowest BCUT2D eigenvalue weighted by atomic mass is 9.88. The van der Waals surface area contributed by atoms with Crippen molar-refractivity contribution in [2.24, 2.45) is 0 Å². The van der Waals surface area contributed by atoms with Crippen molar-refractivity contribution in [3.05, 3.63) is 53.3 Å². The summed E-state index contributed by atoms with van der Waals surface area (Å²) in [6, 6.07) is 9.35. The number of rotatable bonds is 4.